The number of benzene rings is 5. The van der Waals surface area contributed by atoms with Gasteiger partial charge in [0.2, 0.25) is 0 Å². The molecule has 0 amide bonds. The second-order valence-electron chi connectivity index (χ2n) is 9.19. The molecule has 0 radical (unpaired) electrons. The van der Waals surface area contributed by atoms with Crippen LogP contribution in [0, 0.1) is 0 Å². The Kier molecular flexibility index (Phi) is 5.56. The molecule has 2 N–H and O–H groups in total. The van der Waals surface area contributed by atoms with E-state index >= 15 is 0 Å². The van der Waals surface area contributed by atoms with Crippen molar-refractivity contribution in [3.63, 3.8) is 0 Å². The van der Waals surface area contributed by atoms with Crippen LogP contribution in [0.5, 0.6) is 28.7 Å². The average Bonchev–Trinajstić information content (AvgIpc) is 2.95. The van der Waals surface area contributed by atoms with Crippen LogP contribution < -0.4 is 23.7 Å². The summed E-state index contributed by atoms with van der Waals surface area (Å²) in [6.45, 7) is 0. The molecule has 0 spiro atoms. The second-order valence-corrected chi connectivity index (χ2v) is 9.19. The first kappa shape index (κ1) is 25.9. The zero-order valence-corrected chi connectivity index (χ0v) is 21.0. The topological polar surface area (TPSA) is 207 Å². The van der Waals surface area contributed by atoms with Gasteiger partial charge in [0, 0.05) is 22.2 Å². The molecule has 2 aliphatic heterocycles. The second kappa shape index (κ2) is 9.23. The maximum atomic E-state index is 12.8. The molecule has 214 valence electrons. The number of aldehydes is 1. The molecule has 15 heteroatoms. The highest BCUT2D eigenvalue weighted by Crippen LogP contribution is 2.52. The van der Waals surface area contributed by atoms with Crippen molar-refractivity contribution >= 4 is 80.0 Å². The maximum Gasteiger partial charge on any atom is 0.524 e. The van der Waals surface area contributed by atoms with E-state index in [1.54, 1.807) is 6.07 Å². The summed E-state index contributed by atoms with van der Waals surface area (Å²) < 4.78 is 35.3. The van der Waals surface area contributed by atoms with Crippen LogP contribution in [0.3, 0.4) is 0 Å². The van der Waals surface area contributed by atoms with Gasteiger partial charge in [-0.25, -0.2) is 24.0 Å². The first-order chi connectivity index (χ1) is 20.6. The molecule has 0 aromatic heterocycles. The zero-order chi connectivity index (χ0) is 30.2. The highest BCUT2D eigenvalue weighted by molar-refractivity contribution is 6.37. The lowest BCUT2D eigenvalue weighted by Gasteiger charge is -2.23. The van der Waals surface area contributed by atoms with Gasteiger partial charge in [0.25, 0.3) is 0 Å². The standard InChI is InChI=1S/C28H12O15/c29-8-12(30)23(31)24(32)37-16-7-17-22-15(40-27(35)43-28(36)41-17)5-2-10-9-1-4-13-21-14(39-26(34)42-25(33)38-13)6-3-11(18(9)21)19(16)20(10)22/h1-8,12,23,30-31H. The van der Waals surface area contributed by atoms with Crippen molar-refractivity contribution in [3.05, 3.63) is 42.5 Å². The minimum absolute atomic E-state index is 0.0430. The number of aliphatic hydroxyl groups is 2. The molecule has 0 aliphatic carbocycles. The highest BCUT2D eigenvalue weighted by atomic mass is 16.8. The predicted molar refractivity (Wildman–Crippen MR) is 138 cm³/mol. The maximum absolute atomic E-state index is 12.8. The van der Waals surface area contributed by atoms with Crippen molar-refractivity contribution < 1.29 is 72.1 Å². The Morgan fingerprint density at radius 3 is 1.60 bits per heavy atom. The summed E-state index contributed by atoms with van der Waals surface area (Å²) in [4.78, 5) is 72.3. The molecule has 0 saturated carbocycles. The summed E-state index contributed by atoms with van der Waals surface area (Å²) >= 11 is 0. The number of esters is 1. The number of cyclic esters (lactones) is 4. The van der Waals surface area contributed by atoms with Gasteiger partial charge >= 0.3 is 30.6 Å². The van der Waals surface area contributed by atoms with Crippen LogP contribution in [0.25, 0.3) is 43.1 Å². The molecule has 7 rings (SSSR count). The van der Waals surface area contributed by atoms with Crippen molar-refractivity contribution in [1.29, 1.82) is 0 Å². The largest absolute Gasteiger partial charge is 0.524 e. The molecule has 2 unspecified atom stereocenters. The third-order valence-electron chi connectivity index (χ3n) is 6.84. The Hall–Kier alpha value is -6.06. The smallest absolute Gasteiger partial charge is 0.424 e. The third kappa shape index (κ3) is 3.91. The van der Waals surface area contributed by atoms with E-state index in [2.05, 4.69) is 9.47 Å². The Morgan fingerprint density at radius 2 is 1.07 bits per heavy atom. The van der Waals surface area contributed by atoms with Crippen molar-refractivity contribution in [3.8, 4) is 28.7 Å². The summed E-state index contributed by atoms with van der Waals surface area (Å²) in [5.41, 5.74) is 0. The molecule has 5 aromatic carbocycles. The van der Waals surface area contributed by atoms with E-state index in [1.807, 2.05) is 0 Å². The molecular formula is C28H12O15. The van der Waals surface area contributed by atoms with Crippen LogP contribution in [0.2, 0.25) is 0 Å². The van der Waals surface area contributed by atoms with E-state index in [-0.39, 0.29) is 56.6 Å². The van der Waals surface area contributed by atoms with Crippen LogP contribution in [0.1, 0.15) is 0 Å². The van der Waals surface area contributed by atoms with Crippen molar-refractivity contribution in [2.75, 3.05) is 0 Å². The molecule has 2 atom stereocenters. The quantitative estimate of drug-likeness (QED) is 0.0584. The lowest BCUT2D eigenvalue weighted by atomic mass is 9.88. The van der Waals surface area contributed by atoms with Crippen LogP contribution >= 0.6 is 0 Å². The number of hydrogen-bond donors (Lipinski definition) is 2. The number of aliphatic hydroxyl groups excluding tert-OH is 2. The van der Waals surface area contributed by atoms with E-state index in [1.165, 1.54) is 30.3 Å². The van der Waals surface area contributed by atoms with Gasteiger partial charge in [0.15, 0.2) is 12.4 Å². The van der Waals surface area contributed by atoms with Gasteiger partial charge in [-0.3, -0.25) is 0 Å². The summed E-state index contributed by atoms with van der Waals surface area (Å²) in [5.74, 6) is -2.23. The number of carbonyl (C=O) groups excluding carboxylic acids is 6. The first-order valence-electron chi connectivity index (χ1n) is 12.1. The van der Waals surface area contributed by atoms with Gasteiger partial charge in [0.05, 0.1) is 10.8 Å². The first-order valence-corrected chi connectivity index (χ1v) is 12.1. The number of hydrogen-bond acceptors (Lipinski definition) is 15. The molecule has 2 aliphatic rings. The molecule has 2 heterocycles. The number of ether oxygens (including phenoxy) is 7. The normalized spacial score (nSPS) is 16.0. The van der Waals surface area contributed by atoms with Crippen LogP contribution in [-0.2, 0) is 19.1 Å². The molecule has 0 saturated heterocycles. The number of carbonyl (C=O) groups is 6. The van der Waals surface area contributed by atoms with E-state index in [0.717, 1.165) is 6.07 Å². The van der Waals surface area contributed by atoms with Gasteiger partial charge in [-0.15, -0.1) is 0 Å². The minimum atomic E-state index is -2.29. The number of rotatable bonds is 4. The minimum Gasteiger partial charge on any atom is -0.424 e. The van der Waals surface area contributed by atoms with Crippen LogP contribution in [0.4, 0.5) is 19.2 Å². The monoisotopic (exact) mass is 588 g/mol. The number of fused-ring (bicyclic) bond motifs is 2. The highest BCUT2D eigenvalue weighted by Gasteiger charge is 2.32. The summed E-state index contributed by atoms with van der Waals surface area (Å²) in [5, 5.41) is 22.0. The Bertz CT molecular complexity index is 2090. The predicted octanol–water partition coefficient (Wildman–Crippen LogP) is 3.62. The van der Waals surface area contributed by atoms with E-state index in [4.69, 9.17) is 23.7 Å². The van der Waals surface area contributed by atoms with Gasteiger partial charge in [0.1, 0.15) is 34.9 Å². The van der Waals surface area contributed by atoms with Crippen molar-refractivity contribution in [1.82, 2.24) is 0 Å². The van der Waals surface area contributed by atoms with Crippen LogP contribution in [-0.4, -0.2) is 59.3 Å². The van der Waals surface area contributed by atoms with Gasteiger partial charge < -0.3 is 48.2 Å². The van der Waals surface area contributed by atoms with Gasteiger partial charge in [-0.2, -0.15) is 0 Å². The SMILES string of the molecule is O=CC(O)C(O)C(=O)Oc1cc2c3c(ccc4c5ccc6c7c(ccc(c1c34)c75)OC(=O)OC(=O)O6)OC(=O)OC(=O)O2. The summed E-state index contributed by atoms with van der Waals surface area (Å²) in [6.07, 6.45) is -10.00. The Labute approximate surface area is 235 Å². The Morgan fingerprint density at radius 1 is 0.605 bits per heavy atom. The van der Waals surface area contributed by atoms with Crippen molar-refractivity contribution in [2.45, 2.75) is 12.2 Å². The molecular weight excluding hydrogens is 576 g/mol. The summed E-state index contributed by atoms with van der Waals surface area (Å²) in [6, 6.07) is 9.85. The van der Waals surface area contributed by atoms with E-state index in [9.17, 15) is 39.0 Å². The van der Waals surface area contributed by atoms with E-state index in [0.29, 0.717) is 21.5 Å². The fourth-order valence-corrected chi connectivity index (χ4v) is 5.21. The lowest BCUT2D eigenvalue weighted by Crippen LogP contribution is -2.37. The van der Waals surface area contributed by atoms with Crippen LogP contribution in [0.15, 0.2) is 42.5 Å². The fraction of sp³-hybridized carbons (Fsp3) is 0.0714. The lowest BCUT2D eigenvalue weighted by molar-refractivity contribution is -0.151. The Balaban J connectivity index is 1.64. The van der Waals surface area contributed by atoms with Gasteiger partial charge in [-0.05, 0) is 52.6 Å². The fourth-order valence-electron chi connectivity index (χ4n) is 5.21. The molecule has 15 nitrogen and oxygen atoms in total. The molecule has 43 heavy (non-hydrogen) atoms. The van der Waals surface area contributed by atoms with Crippen molar-refractivity contribution in [2.24, 2.45) is 0 Å². The average molecular weight is 588 g/mol. The third-order valence-corrected chi connectivity index (χ3v) is 6.84. The molecule has 5 aromatic rings. The molecule has 0 bridgehead atoms. The van der Waals surface area contributed by atoms with Gasteiger partial charge in [-0.1, -0.05) is 0 Å². The summed E-state index contributed by atoms with van der Waals surface area (Å²) in [7, 11) is 0. The zero-order valence-electron chi connectivity index (χ0n) is 21.0. The van der Waals surface area contributed by atoms with E-state index < -0.39 is 42.8 Å². The molecule has 0 fully saturated rings.